The fraction of sp³-hybridized carbons (Fsp3) is 0.545. The second-order valence-electron chi connectivity index (χ2n) is 3.66. The molecule has 0 fully saturated rings. The molecule has 0 saturated carbocycles. The molecule has 0 aliphatic heterocycles. The molecule has 0 aliphatic carbocycles. The Bertz CT molecular complexity index is 428. The van der Waals surface area contributed by atoms with Crippen molar-refractivity contribution in [2.45, 2.75) is 26.3 Å². The fourth-order valence-electron chi connectivity index (χ4n) is 1.31. The van der Waals surface area contributed by atoms with Gasteiger partial charge in [0.05, 0.1) is 17.7 Å². The molecule has 1 heterocycles. The zero-order valence-corrected chi connectivity index (χ0v) is 9.80. The zero-order chi connectivity index (χ0) is 12.7. The van der Waals surface area contributed by atoms with E-state index in [1.54, 1.807) is 4.57 Å². The van der Waals surface area contributed by atoms with Gasteiger partial charge in [-0.2, -0.15) is 0 Å². The van der Waals surface area contributed by atoms with Crippen molar-refractivity contribution in [3.63, 3.8) is 0 Å². The third-order valence-electron chi connectivity index (χ3n) is 2.29. The van der Waals surface area contributed by atoms with Crippen LogP contribution < -0.4 is 5.43 Å². The first-order valence-electron chi connectivity index (χ1n) is 5.57. The Labute approximate surface area is 99.0 Å². The van der Waals surface area contributed by atoms with Gasteiger partial charge >= 0.3 is 5.69 Å². The first kappa shape index (κ1) is 13.4. The van der Waals surface area contributed by atoms with Crippen LogP contribution in [0.25, 0.3) is 0 Å². The summed E-state index contributed by atoms with van der Waals surface area (Å²) in [5.74, 6) is 0. The molecule has 17 heavy (non-hydrogen) atoms. The average molecular weight is 240 g/mol. The molecule has 0 unspecified atom stereocenters. The van der Waals surface area contributed by atoms with Gasteiger partial charge in [0.25, 0.3) is 5.43 Å². The quantitative estimate of drug-likeness (QED) is 0.412. The van der Waals surface area contributed by atoms with Crippen LogP contribution >= 0.6 is 0 Å². The lowest BCUT2D eigenvalue weighted by atomic mass is 10.4. The number of hydrogen-bond donors (Lipinski definition) is 0. The van der Waals surface area contributed by atoms with Crippen molar-refractivity contribution in [1.82, 2.24) is 4.57 Å². The maximum absolute atomic E-state index is 11.1. The molecular formula is C11H16N2O4. The summed E-state index contributed by atoms with van der Waals surface area (Å²) in [7, 11) is 0. The second-order valence-corrected chi connectivity index (χ2v) is 3.66. The summed E-state index contributed by atoms with van der Waals surface area (Å²) in [5, 5.41) is 10.6. The van der Waals surface area contributed by atoms with E-state index in [9.17, 15) is 14.9 Å². The molecule has 0 atom stereocenters. The number of ether oxygens (including phenoxy) is 1. The predicted molar refractivity (Wildman–Crippen MR) is 63.1 cm³/mol. The average Bonchev–Trinajstić information content (AvgIpc) is 2.30. The Morgan fingerprint density at radius 2 is 2.24 bits per heavy atom. The van der Waals surface area contributed by atoms with Crippen LogP contribution in [0.1, 0.15) is 19.8 Å². The minimum absolute atomic E-state index is 0.402. The van der Waals surface area contributed by atoms with Crippen LogP contribution in [0.15, 0.2) is 23.3 Å². The highest BCUT2D eigenvalue weighted by molar-refractivity contribution is 5.25. The molecule has 0 bridgehead atoms. The molecule has 0 spiro atoms. The van der Waals surface area contributed by atoms with Gasteiger partial charge in [-0.15, -0.1) is 0 Å². The highest BCUT2D eigenvalue weighted by Crippen LogP contribution is 2.02. The second kappa shape index (κ2) is 6.80. The molecule has 0 aliphatic rings. The van der Waals surface area contributed by atoms with E-state index in [4.69, 9.17) is 4.74 Å². The maximum Gasteiger partial charge on any atom is 0.332 e. The molecule has 1 aromatic heterocycles. The van der Waals surface area contributed by atoms with Gasteiger partial charge in [0.15, 0.2) is 0 Å². The smallest absolute Gasteiger partial charge is 0.332 e. The van der Waals surface area contributed by atoms with E-state index in [1.807, 2.05) is 0 Å². The summed E-state index contributed by atoms with van der Waals surface area (Å²) in [6, 6.07) is 1.20. The van der Waals surface area contributed by atoms with Crippen LogP contribution in [-0.4, -0.2) is 22.7 Å². The molecule has 94 valence electrons. The van der Waals surface area contributed by atoms with Crippen molar-refractivity contribution in [1.29, 1.82) is 0 Å². The summed E-state index contributed by atoms with van der Waals surface area (Å²) in [5.41, 5.74) is -0.973. The lowest BCUT2D eigenvalue weighted by Crippen LogP contribution is -2.13. The summed E-state index contributed by atoms with van der Waals surface area (Å²) in [6.07, 6.45) is 4.85. The number of aromatic nitrogens is 1. The highest BCUT2D eigenvalue weighted by Gasteiger charge is 2.11. The minimum Gasteiger partial charge on any atom is -0.380 e. The third kappa shape index (κ3) is 4.36. The van der Waals surface area contributed by atoms with Gasteiger partial charge in [0, 0.05) is 25.4 Å². The van der Waals surface area contributed by atoms with E-state index < -0.39 is 16.0 Å². The normalized spacial score (nSPS) is 10.4. The van der Waals surface area contributed by atoms with Crippen LogP contribution in [0.3, 0.4) is 0 Å². The van der Waals surface area contributed by atoms with Gasteiger partial charge in [-0.05, 0) is 6.42 Å². The molecule has 1 aromatic rings. The summed E-state index contributed by atoms with van der Waals surface area (Å²) in [4.78, 5) is 21.0. The molecule has 0 N–H and O–H groups in total. The largest absolute Gasteiger partial charge is 0.380 e. The minimum atomic E-state index is -0.670. The van der Waals surface area contributed by atoms with E-state index in [0.29, 0.717) is 19.8 Å². The Hall–Kier alpha value is -1.69. The van der Waals surface area contributed by atoms with E-state index in [1.165, 1.54) is 18.5 Å². The van der Waals surface area contributed by atoms with Gasteiger partial charge in [-0.25, -0.2) is 0 Å². The Kier molecular flexibility index (Phi) is 5.35. The molecule has 0 radical (unpaired) electrons. The van der Waals surface area contributed by atoms with Gasteiger partial charge in [0.2, 0.25) is 0 Å². The third-order valence-corrected chi connectivity index (χ3v) is 2.29. The van der Waals surface area contributed by atoms with Crippen molar-refractivity contribution in [2.75, 3.05) is 13.2 Å². The first-order chi connectivity index (χ1) is 8.15. The predicted octanol–water partition coefficient (Wildman–Crippen LogP) is 1.57. The molecule has 0 amide bonds. The molecule has 0 saturated heterocycles. The topological polar surface area (TPSA) is 74.4 Å². The van der Waals surface area contributed by atoms with Crippen LogP contribution in [0, 0.1) is 10.1 Å². The van der Waals surface area contributed by atoms with Crippen LogP contribution in [0.5, 0.6) is 0 Å². The van der Waals surface area contributed by atoms with Gasteiger partial charge in [0.1, 0.15) is 0 Å². The summed E-state index contributed by atoms with van der Waals surface area (Å²) < 4.78 is 6.93. The monoisotopic (exact) mass is 240 g/mol. The molecule has 1 rings (SSSR count). The number of nitro groups is 1. The Morgan fingerprint density at radius 1 is 1.47 bits per heavy atom. The number of hydrogen-bond acceptors (Lipinski definition) is 4. The van der Waals surface area contributed by atoms with Crippen molar-refractivity contribution < 1.29 is 9.66 Å². The van der Waals surface area contributed by atoms with Gasteiger partial charge in [-0.3, -0.25) is 14.9 Å². The summed E-state index contributed by atoms with van der Waals surface area (Å²) in [6.45, 7) is 3.76. The number of unbranched alkanes of at least 4 members (excludes halogenated alkanes) is 1. The molecule has 6 nitrogen and oxygen atoms in total. The summed E-state index contributed by atoms with van der Waals surface area (Å²) >= 11 is 0. The van der Waals surface area contributed by atoms with Crippen LogP contribution in [0.2, 0.25) is 0 Å². The Balaban J connectivity index is 2.52. The van der Waals surface area contributed by atoms with Crippen molar-refractivity contribution in [3.05, 3.63) is 38.8 Å². The van der Waals surface area contributed by atoms with Crippen LogP contribution in [-0.2, 0) is 11.3 Å². The SMILES string of the molecule is CCCCOCCn1ccc(=O)c([N+](=O)[O-])c1. The van der Waals surface area contributed by atoms with Crippen LogP contribution in [0.4, 0.5) is 5.69 Å². The van der Waals surface area contributed by atoms with E-state index in [2.05, 4.69) is 6.92 Å². The van der Waals surface area contributed by atoms with Crippen molar-refractivity contribution in [3.8, 4) is 0 Å². The fourth-order valence-corrected chi connectivity index (χ4v) is 1.31. The molecule has 6 heteroatoms. The number of rotatable bonds is 7. The molecular weight excluding hydrogens is 224 g/mol. The first-order valence-corrected chi connectivity index (χ1v) is 5.57. The van der Waals surface area contributed by atoms with Gasteiger partial charge in [-0.1, -0.05) is 13.3 Å². The van der Waals surface area contributed by atoms with E-state index >= 15 is 0 Å². The number of pyridine rings is 1. The standard InChI is InChI=1S/C11H16N2O4/c1-2-3-7-17-8-6-12-5-4-11(14)10(9-12)13(15)16/h4-5,9H,2-3,6-8H2,1H3. The number of nitrogens with zero attached hydrogens (tertiary/aromatic N) is 2. The maximum atomic E-state index is 11.1. The zero-order valence-electron chi connectivity index (χ0n) is 9.80. The Morgan fingerprint density at radius 3 is 2.88 bits per heavy atom. The van der Waals surface area contributed by atoms with E-state index in [-0.39, 0.29) is 0 Å². The molecule has 0 aromatic carbocycles. The van der Waals surface area contributed by atoms with Crippen molar-refractivity contribution >= 4 is 5.69 Å². The van der Waals surface area contributed by atoms with Gasteiger partial charge < -0.3 is 9.30 Å². The lowest BCUT2D eigenvalue weighted by molar-refractivity contribution is -0.386. The highest BCUT2D eigenvalue weighted by atomic mass is 16.6. The lowest BCUT2D eigenvalue weighted by Gasteiger charge is -2.06. The van der Waals surface area contributed by atoms with Crippen molar-refractivity contribution in [2.24, 2.45) is 0 Å². The van der Waals surface area contributed by atoms with E-state index in [0.717, 1.165) is 12.8 Å².